The maximum Gasteiger partial charge on any atom is 0.261 e. The average molecular weight is 248 g/mol. The molecule has 90 valence electrons. The minimum atomic E-state index is -4.01. The van der Waals surface area contributed by atoms with Gasteiger partial charge in [0.25, 0.3) is 10.0 Å². The van der Waals surface area contributed by atoms with E-state index < -0.39 is 26.9 Å². The third kappa shape index (κ3) is 2.97. The van der Waals surface area contributed by atoms with E-state index in [0.717, 1.165) is 6.07 Å². The molecule has 0 aromatic carbocycles. The van der Waals surface area contributed by atoms with Crippen LogP contribution in [-0.2, 0) is 10.0 Å². The summed E-state index contributed by atoms with van der Waals surface area (Å²) in [4.78, 5) is 3.46. The van der Waals surface area contributed by atoms with Gasteiger partial charge in [0, 0.05) is 12.2 Å². The van der Waals surface area contributed by atoms with Gasteiger partial charge in [-0.15, -0.1) is 0 Å². The van der Waals surface area contributed by atoms with E-state index in [2.05, 4.69) is 9.71 Å². The maximum absolute atomic E-state index is 13.2. The minimum absolute atomic E-state index is 0.343. The zero-order valence-corrected chi connectivity index (χ0v) is 9.54. The first-order chi connectivity index (χ1) is 7.51. The Morgan fingerprint density at radius 1 is 1.62 bits per heavy atom. The van der Waals surface area contributed by atoms with E-state index >= 15 is 0 Å². The van der Waals surface area contributed by atoms with Gasteiger partial charge in [0.1, 0.15) is 0 Å². The van der Waals surface area contributed by atoms with Crippen LogP contribution in [0.2, 0.25) is 0 Å². The van der Waals surface area contributed by atoms with Crippen LogP contribution < -0.4 is 4.72 Å². The topological polar surface area (TPSA) is 79.3 Å². The molecule has 7 heteroatoms. The highest BCUT2D eigenvalue weighted by Gasteiger charge is 2.23. The lowest BCUT2D eigenvalue weighted by Crippen LogP contribution is -2.37. The summed E-state index contributed by atoms with van der Waals surface area (Å²) in [7, 11) is -4.01. The predicted molar refractivity (Wildman–Crippen MR) is 55.7 cm³/mol. The molecule has 0 bridgehead atoms. The van der Waals surface area contributed by atoms with Crippen molar-refractivity contribution in [3.05, 3.63) is 24.1 Å². The molecular weight excluding hydrogens is 235 g/mol. The lowest BCUT2D eigenvalue weighted by atomic mass is 10.3. The van der Waals surface area contributed by atoms with E-state index in [4.69, 9.17) is 5.11 Å². The number of pyridine rings is 1. The smallest absolute Gasteiger partial charge is 0.261 e. The minimum Gasteiger partial charge on any atom is -0.395 e. The molecule has 1 heterocycles. The summed E-state index contributed by atoms with van der Waals surface area (Å²) in [6.07, 6.45) is 1.60. The molecule has 1 aromatic rings. The fourth-order valence-corrected chi connectivity index (χ4v) is 2.41. The average Bonchev–Trinajstić information content (AvgIpc) is 2.26. The number of halogens is 1. The molecule has 16 heavy (non-hydrogen) atoms. The highest BCUT2D eigenvalue weighted by atomic mass is 32.2. The Labute approximate surface area is 93.4 Å². The number of aliphatic hydroxyl groups is 1. The van der Waals surface area contributed by atoms with E-state index in [1.807, 2.05) is 0 Å². The van der Waals surface area contributed by atoms with Crippen molar-refractivity contribution in [3.63, 3.8) is 0 Å². The molecule has 0 saturated heterocycles. The molecule has 0 aliphatic heterocycles. The number of nitrogens with zero attached hydrogens (tertiary/aromatic N) is 1. The van der Waals surface area contributed by atoms with E-state index in [1.54, 1.807) is 6.92 Å². The Kier molecular flexibility index (Phi) is 4.34. The van der Waals surface area contributed by atoms with Crippen molar-refractivity contribution in [3.8, 4) is 0 Å². The largest absolute Gasteiger partial charge is 0.395 e. The molecular formula is C9H13FN2O3S. The van der Waals surface area contributed by atoms with E-state index in [-0.39, 0.29) is 6.61 Å². The van der Waals surface area contributed by atoms with Gasteiger partial charge in [0.15, 0.2) is 5.82 Å². The maximum atomic E-state index is 13.2. The monoisotopic (exact) mass is 248 g/mol. The van der Waals surface area contributed by atoms with Crippen LogP contribution in [0.15, 0.2) is 23.4 Å². The Balaban J connectivity index is 2.99. The van der Waals surface area contributed by atoms with Gasteiger partial charge in [0.2, 0.25) is 5.03 Å². The van der Waals surface area contributed by atoms with Crippen molar-refractivity contribution in [2.75, 3.05) is 6.61 Å². The van der Waals surface area contributed by atoms with Crippen molar-refractivity contribution >= 4 is 10.0 Å². The number of nitrogens with one attached hydrogen (secondary N) is 1. The standard InChI is InChI=1S/C9H13FN2O3S/c1-2-7(6-13)12-16(14,15)9-8(10)4-3-5-11-9/h3-5,7,12-13H,2,6H2,1H3/t7-/m0/s1. The summed E-state index contributed by atoms with van der Waals surface area (Å²) in [5.74, 6) is -0.914. The van der Waals surface area contributed by atoms with E-state index in [0.29, 0.717) is 6.42 Å². The number of aromatic nitrogens is 1. The van der Waals surface area contributed by atoms with Gasteiger partial charge in [0.05, 0.1) is 6.61 Å². The van der Waals surface area contributed by atoms with E-state index in [1.165, 1.54) is 12.3 Å². The SMILES string of the molecule is CC[C@@H](CO)NS(=O)(=O)c1ncccc1F. The van der Waals surface area contributed by atoms with Gasteiger partial charge < -0.3 is 5.11 Å². The first-order valence-electron chi connectivity index (χ1n) is 4.75. The normalized spacial score (nSPS) is 13.7. The van der Waals surface area contributed by atoms with Crippen LogP contribution in [0.1, 0.15) is 13.3 Å². The molecule has 0 unspecified atom stereocenters. The summed E-state index contributed by atoms with van der Waals surface area (Å²) >= 11 is 0. The Hall–Kier alpha value is -1.05. The fourth-order valence-electron chi connectivity index (χ4n) is 1.09. The molecule has 0 radical (unpaired) electrons. The lowest BCUT2D eigenvalue weighted by Gasteiger charge is -2.13. The van der Waals surface area contributed by atoms with Crippen LogP contribution in [0.25, 0.3) is 0 Å². The second-order valence-corrected chi connectivity index (χ2v) is 4.83. The fraction of sp³-hybridized carbons (Fsp3) is 0.444. The zero-order valence-electron chi connectivity index (χ0n) is 8.72. The lowest BCUT2D eigenvalue weighted by molar-refractivity contribution is 0.253. The van der Waals surface area contributed by atoms with Crippen LogP contribution in [-0.4, -0.2) is 31.2 Å². The second-order valence-electron chi connectivity index (χ2n) is 3.20. The molecule has 0 saturated carbocycles. The highest BCUT2D eigenvalue weighted by Crippen LogP contribution is 2.10. The van der Waals surface area contributed by atoms with Gasteiger partial charge in [-0.2, -0.15) is 0 Å². The summed E-state index contributed by atoms with van der Waals surface area (Å²) < 4.78 is 38.7. The van der Waals surface area contributed by atoms with Crippen LogP contribution in [0, 0.1) is 5.82 Å². The Morgan fingerprint density at radius 2 is 2.31 bits per heavy atom. The molecule has 0 amide bonds. The quantitative estimate of drug-likeness (QED) is 0.784. The van der Waals surface area contributed by atoms with Crippen LogP contribution in [0.4, 0.5) is 4.39 Å². The molecule has 1 rings (SSSR count). The number of aliphatic hydroxyl groups excluding tert-OH is 1. The van der Waals surface area contributed by atoms with E-state index in [9.17, 15) is 12.8 Å². The molecule has 1 atom stereocenters. The number of rotatable bonds is 5. The predicted octanol–water partition coefficient (Wildman–Crippen LogP) is 0.270. The third-order valence-electron chi connectivity index (χ3n) is 2.01. The van der Waals surface area contributed by atoms with Gasteiger partial charge in [-0.05, 0) is 18.6 Å². The van der Waals surface area contributed by atoms with Crippen molar-refractivity contribution in [2.24, 2.45) is 0 Å². The molecule has 0 spiro atoms. The number of hydrogen-bond acceptors (Lipinski definition) is 4. The van der Waals surface area contributed by atoms with Gasteiger partial charge >= 0.3 is 0 Å². The first kappa shape index (κ1) is 13.0. The number of sulfonamides is 1. The number of hydrogen-bond donors (Lipinski definition) is 2. The van der Waals surface area contributed by atoms with Crippen molar-refractivity contribution < 1.29 is 17.9 Å². The zero-order chi connectivity index (χ0) is 12.2. The van der Waals surface area contributed by atoms with Crippen molar-refractivity contribution in [1.29, 1.82) is 0 Å². The Morgan fingerprint density at radius 3 is 2.81 bits per heavy atom. The third-order valence-corrected chi connectivity index (χ3v) is 3.47. The molecule has 0 aliphatic carbocycles. The van der Waals surface area contributed by atoms with Gasteiger partial charge in [-0.1, -0.05) is 6.92 Å². The molecule has 2 N–H and O–H groups in total. The summed E-state index contributed by atoms with van der Waals surface area (Å²) in [6.45, 7) is 1.36. The Bertz CT molecular complexity index is 446. The first-order valence-corrected chi connectivity index (χ1v) is 6.23. The second kappa shape index (κ2) is 5.33. The molecule has 0 fully saturated rings. The van der Waals surface area contributed by atoms with Crippen molar-refractivity contribution in [2.45, 2.75) is 24.4 Å². The van der Waals surface area contributed by atoms with Crippen LogP contribution >= 0.6 is 0 Å². The summed E-state index contributed by atoms with van der Waals surface area (Å²) in [5.41, 5.74) is 0. The van der Waals surface area contributed by atoms with Gasteiger partial charge in [-0.3, -0.25) is 0 Å². The molecule has 0 aliphatic rings. The van der Waals surface area contributed by atoms with Gasteiger partial charge in [-0.25, -0.2) is 22.5 Å². The van der Waals surface area contributed by atoms with Crippen LogP contribution in [0.5, 0.6) is 0 Å². The van der Waals surface area contributed by atoms with Crippen molar-refractivity contribution in [1.82, 2.24) is 9.71 Å². The summed E-state index contributed by atoms with van der Waals surface area (Å²) in [5, 5.41) is 8.21. The molecule has 1 aromatic heterocycles. The highest BCUT2D eigenvalue weighted by molar-refractivity contribution is 7.89. The molecule has 5 nitrogen and oxygen atoms in total. The van der Waals surface area contributed by atoms with Crippen LogP contribution in [0.3, 0.4) is 0 Å². The summed E-state index contributed by atoms with van der Waals surface area (Å²) in [6, 6.07) is 1.69.